The third-order valence-corrected chi connectivity index (χ3v) is 13.4. The smallest absolute Gasteiger partial charge is 0.352 e. The lowest BCUT2D eigenvalue weighted by molar-refractivity contribution is -0.137. The van der Waals surface area contributed by atoms with Crippen molar-refractivity contribution in [1.82, 2.24) is 34.4 Å². The first-order chi connectivity index (χ1) is 32.8. The van der Waals surface area contributed by atoms with Crippen molar-refractivity contribution in [3.8, 4) is 22.6 Å². The number of hydrogen-bond acceptors (Lipinski definition) is 9. The van der Waals surface area contributed by atoms with E-state index in [1.54, 1.807) is 33.8 Å². The van der Waals surface area contributed by atoms with E-state index in [2.05, 4.69) is 15.3 Å². The van der Waals surface area contributed by atoms with Crippen molar-refractivity contribution in [3.05, 3.63) is 111 Å². The molecular weight excluding hydrogens is 893 g/mol. The number of rotatable bonds is 14. The van der Waals surface area contributed by atoms with Crippen LogP contribution in [0.25, 0.3) is 32.8 Å². The number of hydrogen-bond donors (Lipinski definition) is 2. The maximum absolute atomic E-state index is 13.9. The maximum Gasteiger partial charge on any atom is 0.352 e. The van der Waals surface area contributed by atoms with Crippen molar-refractivity contribution >= 4 is 62.9 Å². The number of ether oxygens (including phenoxy) is 2. The van der Waals surface area contributed by atoms with E-state index in [1.165, 1.54) is 17.0 Å². The Bertz CT molecular complexity index is 2960. The van der Waals surface area contributed by atoms with E-state index in [9.17, 15) is 33.5 Å². The number of carboxylic acids is 1. The lowest BCUT2D eigenvalue weighted by Crippen LogP contribution is -2.52. The zero-order chi connectivity index (χ0) is 48.4. The number of nitrogens with zero attached hydrogens (tertiary/aromatic N) is 6. The lowest BCUT2D eigenvalue weighted by Gasteiger charge is -2.35. The van der Waals surface area contributed by atoms with Crippen LogP contribution in [-0.2, 0) is 40.9 Å². The number of piperidine rings is 1. The van der Waals surface area contributed by atoms with Crippen LogP contribution in [0, 0.1) is 19.7 Å². The van der Waals surface area contributed by atoms with Crippen LogP contribution in [0.1, 0.15) is 76.5 Å². The Hall–Kier alpha value is -6.78. The minimum absolute atomic E-state index is 0.130. The number of aryl methyl sites for hydroxylation is 3. The van der Waals surface area contributed by atoms with Crippen LogP contribution in [0.15, 0.2) is 66.7 Å². The molecule has 0 aliphatic carbocycles. The van der Waals surface area contributed by atoms with Crippen LogP contribution in [0.5, 0.6) is 11.5 Å². The van der Waals surface area contributed by atoms with Gasteiger partial charge in [-0.05, 0) is 86.5 Å². The fourth-order valence-electron chi connectivity index (χ4n) is 9.75. The van der Waals surface area contributed by atoms with Crippen LogP contribution in [-0.4, -0.2) is 116 Å². The molecule has 0 radical (unpaired) electrons. The molecule has 2 saturated heterocycles. The van der Waals surface area contributed by atoms with E-state index < -0.39 is 17.9 Å². The molecule has 356 valence electrons. The highest BCUT2D eigenvalue weighted by molar-refractivity contribution is 6.35. The number of carboxylic acid groups (broad SMARTS) is 1. The van der Waals surface area contributed by atoms with Gasteiger partial charge in [-0.15, -0.1) is 0 Å². The van der Waals surface area contributed by atoms with Crippen molar-refractivity contribution in [3.63, 3.8) is 0 Å². The standard InChI is InChI=1S/C49H49ClFN7O8.C2H6/c1-28-43(29(2)54(3)53-28)44-37(50)15-14-34-33(9-6-24-65-39-10-4-7-30-25-31(51)12-13-32(30)39)46(49(63)64)57(45(34)44)23-20-55-18-21-56(22-19-55)42(60)27-66-40-11-5-8-35-36(40)26-58(48(35)62)38-16-17-41(59)52-47(38)61;1-2/h4-5,7-8,10-15,25,38H,6,9,16-24,26-27H2,1-3H3,(H,63,64)(H,52,59,61);1-2H3. The van der Waals surface area contributed by atoms with Gasteiger partial charge in [0.25, 0.3) is 11.8 Å². The van der Waals surface area contributed by atoms with Gasteiger partial charge in [-0.2, -0.15) is 5.10 Å². The van der Waals surface area contributed by atoms with Gasteiger partial charge in [-0.1, -0.05) is 49.7 Å². The number of aromatic carboxylic acids is 1. The van der Waals surface area contributed by atoms with E-state index in [1.807, 2.05) is 69.6 Å². The summed E-state index contributed by atoms with van der Waals surface area (Å²) in [6.45, 7) is 10.8. The Morgan fingerprint density at radius 1 is 0.912 bits per heavy atom. The summed E-state index contributed by atoms with van der Waals surface area (Å²) in [5.74, 6) is -1.78. The van der Waals surface area contributed by atoms with Gasteiger partial charge < -0.3 is 28.9 Å². The van der Waals surface area contributed by atoms with Gasteiger partial charge in [-0.25, -0.2) is 9.18 Å². The van der Waals surface area contributed by atoms with Crippen molar-refractivity contribution in [2.24, 2.45) is 7.05 Å². The molecular formula is C51H55ClFN7O8. The fraction of sp³-hybridized carbons (Fsp3) is 0.373. The summed E-state index contributed by atoms with van der Waals surface area (Å²) in [7, 11) is 1.87. The largest absolute Gasteiger partial charge is 0.493 e. The number of nitrogens with one attached hydrogen (secondary N) is 1. The molecule has 1 unspecified atom stereocenters. The summed E-state index contributed by atoms with van der Waals surface area (Å²) >= 11 is 7.06. The quantitative estimate of drug-likeness (QED) is 0.0834. The average molecular weight is 948 g/mol. The molecule has 68 heavy (non-hydrogen) atoms. The first kappa shape index (κ1) is 47.7. The van der Waals surface area contributed by atoms with Crippen LogP contribution in [0.4, 0.5) is 4.39 Å². The van der Waals surface area contributed by atoms with Gasteiger partial charge in [0.1, 0.15) is 29.1 Å². The Labute approximate surface area is 398 Å². The number of fused-ring (bicyclic) bond motifs is 3. The van der Waals surface area contributed by atoms with Crippen molar-refractivity contribution < 1.29 is 42.9 Å². The third kappa shape index (κ3) is 9.26. The van der Waals surface area contributed by atoms with Crippen molar-refractivity contribution in [2.45, 2.75) is 72.5 Å². The first-order valence-electron chi connectivity index (χ1n) is 23.1. The first-order valence-corrected chi connectivity index (χ1v) is 23.4. The zero-order valence-corrected chi connectivity index (χ0v) is 39.6. The number of aromatic nitrogens is 3. The normalized spacial score (nSPS) is 16.2. The van der Waals surface area contributed by atoms with E-state index in [0.29, 0.717) is 97.4 Å². The van der Waals surface area contributed by atoms with E-state index in [-0.39, 0.29) is 55.2 Å². The van der Waals surface area contributed by atoms with Crippen molar-refractivity contribution in [2.75, 3.05) is 45.9 Å². The number of carbonyl (C=O) groups excluding carboxylic acids is 4. The van der Waals surface area contributed by atoms with Crippen LogP contribution in [0.2, 0.25) is 5.02 Å². The van der Waals surface area contributed by atoms with Gasteiger partial charge in [0.2, 0.25) is 11.8 Å². The molecule has 5 heterocycles. The van der Waals surface area contributed by atoms with Crippen LogP contribution >= 0.6 is 11.6 Å². The summed E-state index contributed by atoms with van der Waals surface area (Å²) < 4.78 is 29.8. The molecule has 15 nitrogen and oxygen atoms in total. The molecule has 6 aromatic rings. The van der Waals surface area contributed by atoms with Crippen LogP contribution in [0.3, 0.4) is 0 Å². The second kappa shape index (κ2) is 20.2. The number of piperazine rings is 1. The summed E-state index contributed by atoms with van der Waals surface area (Å²) in [6, 6.07) is 18.0. The molecule has 2 aromatic heterocycles. The van der Waals surface area contributed by atoms with Gasteiger partial charge in [0, 0.05) is 91.5 Å². The molecule has 9 rings (SSSR count). The number of amides is 4. The highest BCUT2D eigenvalue weighted by Gasteiger charge is 2.40. The summed E-state index contributed by atoms with van der Waals surface area (Å²) in [5.41, 5.74) is 5.78. The summed E-state index contributed by atoms with van der Waals surface area (Å²) in [4.78, 5) is 69.8. The molecule has 17 heteroatoms. The Balaban J connectivity index is 0.00000308. The van der Waals surface area contributed by atoms with E-state index in [0.717, 1.165) is 38.7 Å². The topological polar surface area (TPSA) is 169 Å². The monoisotopic (exact) mass is 947 g/mol. The zero-order valence-electron chi connectivity index (χ0n) is 38.9. The lowest BCUT2D eigenvalue weighted by atomic mass is 9.98. The summed E-state index contributed by atoms with van der Waals surface area (Å²) in [5, 5.41) is 20.7. The molecule has 3 aliphatic rings. The molecule has 3 aliphatic heterocycles. The predicted octanol–water partition coefficient (Wildman–Crippen LogP) is 7.32. The van der Waals surface area contributed by atoms with Crippen LogP contribution < -0.4 is 14.8 Å². The number of imide groups is 1. The predicted molar refractivity (Wildman–Crippen MR) is 256 cm³/mol. The third-order valence-electron chi connectivity index (χ3n) is 13.1. The van der Waals surface area contributed by atoms with Gasteiger partial charge in [0.05, 0.1) is 29.4 Å². The molecule has 4 aromatic carbocycles. The molecule has 2 N–H and O–H groups in total. The molecule has 0 bridgehead atoms. The van der Waals surface area contributed by atoms with Crippen molar-refractivity contribution in [1.29, 1.82) is 0 Å². The molecule has 1 atom stereocenters. The van der Waals surface area contributed by atoms with E-state index in [4.69, 9.17) is 21.1 Å². The average Bonchev–Trinajstić information content (AvgIpc) is 3.93. The molecule has 0 saturated carbocycles. The Kier molecular flexibility index (Phi) is 14.2. The minimum atomic E-state index is -1.06. The SMILES string of the molecule is CC.Cc1nn(C)c(C)c1-c1c(Cl)ccc2c(CCCOc3cccc4cc(F)ccc34)c(C(=O)O)n(CCN3CCN(C(=O)COc4cccc5c4CN(C4CCC(=O)NC4=O)C5=O)CC3)c12. The number of halogens is 2. The number of carbonyl (C=O) groups is 5. The second-order valence-corrected chi connectivity index (χ2v) is 17.4. The highest BCUT2D eigenvalue weighted by Crippen LogP contribution is 2.42. The second-order valence-electron chi connectivity index (χ2n) is 17.0. The Morgan fingerprint density at radius 3 is 2.37 bits per heavy atom. The highest BCUT2D eigenvalue weighted by atomic mass is 35.5. The van der Waals surface area contributed by atoms with E-state index >= 15 is 0 Å². The fourth-order valence-corrected chi connectivity index (χ4v) is 10.0. The molecule has 4 amide bonds. The molecule has 2 fully saturated rings. The van der Waals surface area contributed by atoms with Gasteiger partial charge in [0.15, 0.2) is 6.61 Å². The van der Waals surface area contributed by atoms with Gasteiger partial charge in [-0.3, -0.25) is 34.1 Å². The van der Waals surface area contributed by atoms with Gasteiger partial charge >= 0.3 is 5.97 Å². The summed E-state index contributed by atoms with van der Waals surface area (Å²) in [6.07, 6.45) is 1.29. The Morgan fingerprint density at radius 2 is 1.65 bits per heavy atom. The minimum Gasteiger partial charge on any atom is -0.493 e. The number of benzene rings is 4. The maximum atomic E-state index is 13.9. The molecule has 0 spiro atoms.